The molecule has 2 aliphatic heterocycles. The number of carbonyl (C=O) groups is 1. The van der Waals surface area contributed by atoms with Gasteiger partial charge in [0.25, 0.3) is 0 Å². The number of hydrogen-bond donors (Lipinski definition) is 1. The number of carbonyl (C=O) groups excluding carboxylic acids is 1. The van der Waals surface area contributed by atoms with Crippen LogP contribution in [0.4, 0.5) is 10.7 Å². The van der Waals surface area contributed by atoms with Crippen LogP contribution in [0.25, 0.3) is 0 Å². The van der Waals surface area contributed by atoms with Crippen LogP contribution in [0, 0.1) is 0 Å². The summed E-state index contributed by atoms with van der Waals surface area (Å²) in [5, 5.41) is 7.40. The molecule has 1 aromatic carbocycles. The molecule has 7 nitrogen and oxygen atoms in total. The number of benzene rings is 1. The van der Waals surface area contributed by atoms with Gasteiger partial charge < -0.3 is 9.64 Å². The van der Waals surface area contributed by atoms with Crippen molar-refractivity contribution in [1.82, 2.24) is 19.7 Å². The van der Waals surface area contributed by atoms with Crippen molar-refractivity contribution in [2.45, 2.75) is 57.5 Å². The molecule has 0 spiro atoms. The number of hydrogen-bond acceptors (Lipinski definition) is 4. The largest absolute Gasteiger partial charge is 0.497 e. The monoisotopic (exact) mass is 369 g/mol. The Bertz CT molecular complexity index is 763. The van der Waals surface area contributed by atoms with Gasteiger partial charge in [-0.05, 0) is 43.4 Å². The van der Waals surface area contributed by atoms with Crippen molar-refractivity contribution in [3.05, 3.63) is 35.7 Å². The van der Waals surface area contributed by atoms with Crippen molar-refractivity contribution in [3.8, 4) is 5.75 Å². The number of rotatable bonds is 3. The van der Waals surface area contributed by atoms with Gasteiger partial charge in [0.15, 0.2) is 0 Å². The number of aryl methyl sites for hydroxylation is 2. The zero-order chi connectivity index (χ0) is 18.6. The number of nitrogens with one attached hydrogen (secondary N) is 1. The zero-order valence-corrected chi connectivity index (χ0v) is 15.9. The van der Waals surface area contributed by atoms with Gasteiger partial charge in [0.2, 0.25) is 5.95 Å². The van der Waals surface area contributed by atoms with E-state index in [9.17, 15) is 4.79 Å². The Kier molecular flexibility index (Phi) is 5.27. The highest BCUT2D eigenvalue weighted by molar-refractivity contribution is 5.87. The lowest BCUT2D eigenvalue weighted by atomic mass is 10.0. The number of aromatic nitrogens is 3. The van der Waals surface area contributed by atoms with Gasteiger partial charge in [0.05, 0.1) is 13.2 Å². The molecule has 2 amide bonds. The Morgan fingerprint density at radius 1 is 1.11 bits per heavy atom. The van der Waals surface area contributed by atoms with Gasteiger partial charge >= 0.3 is 6.03 Å². The fourth-order valence-corrected chi connectivity index (χ4v) is 4.03. The number of urea groups is 1. The quantitative estimate of drug-likeness (QED) is 0.894. The fraction of sp³-hybridized carbons (Fsp3) is 0.550. The average molecular weight is 369 g/mol. The van der Waals surface area contributed by atoms with Gasteiger partial charge in [-0.25, -0.2) is 9.48 Å². The highest BCUT2D eigenvalue weighted by atomic mass is 16.5. The molecule has 2 aliphatic rings. The van der Waals surface area contributed by atoms with Crippen molar-refractivity contribution in [2.24, 2.45) is 0 Å². The second-order valence-electron chi connectivity index (χ2n) is 7.29. The normalized spacial score (nSPS) is 19.9. The summed E-state index contributed by atoms with van der Waals surface area (Å²) >= 11 is 0. The molecule has 1 unspecified atom stereocenters. The average Bonchev–Trinajstić information content (AvgIpc) is 2.94. The Morgan fingerprint density at radius 3 is 2.70 bits per heavy atom. The van der Waals surface area contributed by atoms with Crippen molar-refractivity contribution in [2.75, 3.05) is 19.0 Å². The van der Waals surface area contributed by atoms with E-state index >= 15 is 0 Å². The standard InChI is InChI=1S/C20H27N5O2/c1-27-16-11-9-15(10-12-16)17-7-3-2-5-13-24(17)20(26)22-19-21-18-8-4-6-14-25(18)23-19/h9-12,17H,2-8,13-14H2,1H3,(H,22,23,26). The molecule has 0 bridgehead atoms. The molecule has 0 radical (unpaired) electrons. The van der Waals surface area contributed by atoms with Gasteiger partial charge in [-0.15, -0.1) is 5.10 Å². The number of amides is 2. The first-order valence-corrected chi connectivity index (χ1v) is 9.90. The molecule has 0 aliphatic carbocycles. The van der Waals surface area contributed by atoms with E-state index in [1.807, 2.05) is 21.7 Å². The number of ether oxygens (including phenoxy) is 1. The first-order chi connectivity index (χ1) is 13.2. The molecular formula is C20H27N5O2. The summed E-state index contributed by atoms with van der Waals surface area (Å²) in [6.07, 6.45) is 7.44. The van der Waals surface area contributed by atoms with Gasteiger partial charge in [-0.2, -0.15) is 4.98 Å². The fourth-order valence-electron chi connectivity index (χ4n) is 4.03. The van der Waals surface area contributed by atoms with E-state index in [0.29, 0.717) is 5.95 Å². The van der Waals surface area contributed by atoms with Crippen LogP contribution in [-0.4, -0.2) is 39.4 Å². The molecular weight excluding hydrogens is 342 g/mol. The molecule has 1 aromatic heterocycles. The van der Waals surface area contributed by atoms with E-state index in [1.54, 1.807) is 7.11 Å². The summed E-state index contributed by atoms with van der Waals surface area (Å²) in [5.41, 5.74) is 1.14. The van der Waals surface area contributed by atoms with E-state index in [4.69, 9.17) is 4.74 Å². The van der Waals surface area contributed by atoms with E-state index in [1.165, 1.54) is 0 Å². The minimum absolute atomic E-state index is 0.0654. The molecule has 1 saturated heterocycles. The predicted octanol–water partition coefficient (Wildman–Crippen LogP) is 3.77. The maximum Gasteiger partial charge on any atom is 0.324 e. The van der Waals surface area contributed by atoms with Crippen LogP contribution in [0.1, 0.15) is 56.0 Å². The maximum absolute atomic E-state index is 13.0. The molecule has 1 N–H and O–H groups in total. The van der Waals surface area contributed by atoms with Crippen molar-refractivity contribution in [1.29, 1.82) is 0 Å². The van der Waals surface area contributed by atoms with E-state index in [0.717, 1.165) is 75.2 Å². The summed E-state index contributed by atoms with van der Waals surface area (Å²) in [5.74, 6) is 2.23. The van der Waals surface area contributed by atoms with Crippen molar-refractivity contribution >= 4 is 12.0 Å². The second-order valence-corrected chi connectivity index (χ2v) is 7.29. The summed E-state index contributed by atoms with van der Waals surface area (Å²) < 4.78 is 7.18. The van der Waals surface area contributed by atoms with Gasteiger partial charge in [0, 0.05) is 19.5 Å². The van der Waals surface area contributed by atoms with E-state index in [2.05, 4.69) is 27.5 Å². The number of nitrogens with zero attached hydrogens (tertiary/aromatic N) is 4. The van der Waals surface area contributed by atoms with Crippen LogP contribution < -0.4 is 10.1 Å². The lowest BCUT2D eigenvalue weighted by Crippen LogP contribution is -2.38. The van der Waals surface area contributed by atoms with Crippen LogP contribution >= 0.6 is 0 Å². The zero-order valence-electron chi connectivity index (χ0n) is 15.9. The first-order valence-electron chi connectivity index (χ1n) is 9.90. The van der Waals surface area contributed by atoms with Crippen LogP contribution in [0.5, 0.6) is 5.75 Å². The minimum Gasteiger partial charge on any atom is -0.497 e. The molecule has 2 aromatic rings. The third-order valence-electron chi connectivity index (χ3n) is 5.50. The number of fused-ring (bicyclic) bond motifs is 1. The SMILES string of the molecule is COc1ccc(C2CCCCCN2C(=O)Nc2nc3n(n2)CCCC3)cc1. The minimum atomic E-state index is -0.110. The van der Waals surface area contributed by atoms with Crippen LogP contribution in [0.15, 0.2) is 24.3 Å². The molecule has 1 atom stereocenters. The van der Waals surface area contributed by atoms with Gasteiger partial charge in [-0.3, -0.25) is 5.32 Å². The predicted molar refractivity (Wildman–Crippen MR) is 103 cm³/mol. The number of anilines is 1. The topological polar surface area (TPSA) is 72.3 Å². The summed E-state index contributed by atoms with van der Waals surface area (Å²) in [6, 6.07) is 7.99. The van der Waals surface area contributed by atoms with Gasteiger partial charge in [0.1, 0.15) is 11.6 Å². The maximum atomic E-state index is 13.0. The first kappa shape index (κ1) is 17.8. The molecule has 144 valence electrons. The molecule has 7 heteroatoms. The highest BCUT2D eigenvalue weighted by Crippen LogP contribution is 2.31. The lowest BCUT2D eigenvalue weighted by molar-refractivity contribution is 0.189. The van der Waals surface area contributed by atoms with Crippen LogP contribution in [-0.2, 0) is 13.0 Å². The summed E-state index contributed by atoms with van der Waals surface area (Å²) in [6.45, 7) is 1.63. The van der Waals surface area contributed by atoms with Crippen molar-refractivity contribution in [3.63, 3.8) is 0 Å². The summed E-state index contributed by atoms with van der Waals surface area (Å²) in [7, 11) is 1.66. The van der Waals surface area contributed by atoms with Crippen LogP contribution in [0.3, 0.4) is 0 Å². The van der Waals surface area contributed by atoms with Crippen molar-refractivity contribution < 1.29 is 9.53 Å². The van der Waals surface area contributed by atoms with Crippen LogP contribution in [0.2, 0.25) is 0 Å². The smallest absolute Gasteiger partial charge is 0.324 e. The molecule has 1 fully saturated rings. The Balaban J connectivity index is 1.52. The number of likely N-dealkylation sites (tertiary alicyclic amines) is 1. The third-order valence-corrected chi connectivity index (χ3v) is 5.50. The Morgan fingerprint density at radius 2 is 1.93 bits per heavy atom. The Hall–Kier alpha value is -2.57. The second kappa shape index (κ2) is 7.98. The molecule has 4 rings (SSSR count). The Labute approximate surface area is 159 Å². The van der Waals surface area contributed by atoms with E-state index in [-0.39, 0.29) is 12.1 Å². The number of methoxy groups -OCH3 is 1. The highest BCUT2D eigenvalue weighted by Gasteiger charge is 2.28. The lowest BCUT2D eigenvalue weighted by Gasteiger charge is -2.30. The van der Waals surface area contributed by atoms with Gasteiger partial charge in [-0.1, -0.05) is 25.0 Å². The third kappa shape index (κ3) is 3.91. The van der Waals surface area contributed by atoms with E-state index < -0.39 is 0 Å². The molecule has 0 saturated carbocycles. The molecule has 3 heterocycles. The molecule has 27 heavy (non-hydrogen) atoms. The summed E-state index contributed by atoms with van der Waals surface area (Å²) in [4.78, 5) is 19.5.